The molecule has 0 aromatic carbocycles. The van der Waals surface area contributed by atoms with Crippen LogP contribution in [0.1, 0.15) is 30.0 Å². The lowest BCUT2D eigenvalue weighted by Gasteiger charge is -2.42. The lowest BCUT2D eigenvalue weighted by Crippen LogP contribution is -2.51. The molecule has 19 heavy (non-hydrogen) atoms. The van der Waals surface area contributed by atoms with Gasteiger partial charge >= 0.3 is 0 Å². The monoisotopic (exact) mass is 266 g/mol. The van der Waals surface area contributed by atoms with Gasteiger partial charge in [0.2, 0.25) is 0 Å². The Morgan fingerprint density at radius 3 is 2.74 bits per heavy atom. The zero-order valence-electron chi connectivity index (χ0n) is 11.5. The third-order valence-electron chi connectivity index (χ3n) is 3.84. The molecule has 6 heteroatoms. The van der Waals surface area contributed by atoms with Gasteiger partial charge in [0.25, 0.3) is 0 Å². The number of nitrogens with zero attached hydrogens (tertiary/aromatic N) is 1. The van der Waals surface area contributed by atoms with Gasteiger partial charge in [-0.2, -0.15) is 0 Å². The van der Waals surface area contributed by atoms with E-state index in [0.29, 0.717) is 19.0 Å². The fourth-order valence-electron chi connectivity index (χ4n) is 2.69. The summed E-state index contributed by atoms with van der Waals surface area (Å²) in [5.74, 6) is 6.24. The van der Waals surface area contributed by atoms with E-state index < -0.39 is 5.60 Å². The van der Waals surface area contributed by atoms with E-state index in [1.54, 1.807) is 13.3 Å². The first-order valence-corrected chi connectivity index (χ1v) is 6.44. The van der Waals surface area contributed by atoms with Gasteiger partial charge in [-0.3, -0.25) is 5.84 Å². The number of nitrogens with two attached hydrogens (primary N) is 2. The van der Waals surface area contributed by atoms with Crippen molar-refractivity contribution in [2.75, 3.05) is 26.1 Å². The van der Waals surface area contributed by atoms with Crippen LogP contribution >= 0.6 is 0 Å². The van der Waals surface area contributed by atoms with Crippen molar-refractivity contribution in [1.82, 2.24) is 10.4 Å². The van der Waals surface area contributed by atoms with Crippen molar-refractivity contribution in [3.63, 3.8) is 0 Å². The molecule has 1 aliphatic heterocycles. The molecule has 5 N–H and O–H groups in total. The Morgan fingerprint density at radius 2 is 2.16 bits per heavy atom. The number of nitrogens with one attached hydrogen (secondary N) is 1. The van der Waals surface area contributed by atoms with E-state index >= 15 is 0 Å². The van der Waals surface area contributed by atoms with Gasteiger partial charge in [0.15, 0.2) is 0 Å². The average Bonchev–Trinajstić information content (AvgIpc) is 2.44. The summed E-state index contributed by atoms with van der Waals surface area (Å²) in [5.41, 5.74) is 10.4. The highest BCUT2D eigenvalue weighted by molar-refractivity contribution is 5.44. The van der Waals surface area contributed by atoms with Crippen molar-refractivity contribution in [1.29, 1.82) is 0 Å². The summed E-state index contributed by atoms with van der Waals surface area (Å²) in [5, 5.41) is 0. The molecular formula is C13H22N4O2. The van der Waals surface area contributed by atoms with E-state index in [1.807, 2.05) is 13.0 Å². The van der Waals surface area contributed by atoms with Crippen molar-refractivity contribution in [3.05, 3.63) is 23.4 Å². The molecule has 1 fully saturated rings. The number of pyridine rings is 1. The maximum Gasteiger partial charge on any atom is 0.128 e. The minimum Gasteiger partial charge on any atom is -0.383 e. The Morgan fingerprint density at radius 1 is 1.47 bits per heavy atom. The number of aromatic nitrogens is 1. The second-order valence-corrected chi connectivity index (χ2v) is 4.97. The average molecular weight is 266 g/mol. The lowest BCUT2D eigenvalue weighted by atomic mass is 9.82. The van der Waals surface area contributed by atoms with E-state index in [-0.39, 0.29) is 6.04 Å². The van der Waals surface area contributed by atoms with Crippen molar-refractivity contribution in [2.24, 2.45) is 5.84 Å². The number of aryl methyl sites for hydroxylation is 1. The maximum absolute atomic E-state index is 5.99. The van der Waals surface area contributed by atoms with Crippen molar-refractivity contribution >= 4 is 5.82 Å². The van der Waals surface area contributed by atoms with Gasteiger partial charge in [-0.15, -0.1) is 0 Å². The van der Waals surface area contributed by atoms with E-state index in [2.05, 4.69) is 10.4 Å². The Kier molecular flexibility index (Phi) is 4.36. The van der Waals surface area contributed by atoms with Crippen LogP contribution in [0.5, 0.6) is 0 Å². The van der Waals surface area contributed by atoms with E-state index in [1.165, 1.54) is 0 Å². The number of rotatable bonds is 4. The molecule has 1 aromatic rings. The van der Waals surface area contributed by atoms with E-state index in [4.69, 9.17) is 21.1 Å². The summed E-state index contributed by atoms with van der Waals surface area (Å²) < 4.78 is 11.2. The molecule has 0 aliphatic carbocycles. The minimum absolute atomic E-state index is 0.200. The lowest BCUT2D eigenvalue weighted by molar-refractivity contribution is -0.111. The van der Waals surface area contributed by atoms with Crippen LogP contribution in [-0.4, -0.2) is 30.9 Å². The molecule has 0 saturated carbocycles. The highest BCUT2D eigenvalue weighted by Gasteiger charge is 2.42. The smallest absolute Gasteiger partial charge is 0.128 e. The molecule has 1 unspecified atom stereocenters. The van der Waals surface area contributed by atoms with Gasteiger partial charge in [0.1, 0.15) is 5.82 Å². The van der Waals surface area contributed by atoms with Crippen LogP contribution in [0.3, 0.4) is 0 Å². The van der Waals surface area contributed by atoms with Gasteiger partial charge in [0.05, 0.1) is 11.6 Å². The van der Waals surface area contributed by atoms with Crippen molar-refractivity contribution in [3.8, 4) is 0 Å². The molecule has 1 aliphatic rings. The summed E-state index contributed by atoms with van der Waals surface area (Å²) in [6.45, 7) is 3.29. The van der Waals surface area contributed by atoms with Gasteiger partial charge in [-0.1, -0.05) is 0 Å². The van der Waals surface area contributed by atoms with Crippen LogP contribution in [-0.2, 0) is 9.47 Å². The quantitative estimate of drug-likeness (QED) is 0.547. The molecule has 1 atom stereocenters. The molecule has 1 saturated heterocycles. The van der Waals surface area contributed by atoms with Crippen LogP contribution in [0.4, 0.5) is 5.82 Å². The summed E-state index contributed by atoms with van der Waals surface area (Å²) >= 11 is 0. The Bertz CT molecular complexity index is 433. The van der Waals surface area contributed by atoms with Crippen molar-refractivity contribution in [2.45, 2.75) is 31.4 Å². The first kappa shape index (κ1) is 14.2. The molecule has 0 radical (unpaired) electrons. The van der Waals surface area contributed by atoms with Gasteiger partial charge < -0.3 is 15.2 Å². The Balaban J connectivity index is 2.39. The third-order valence-corrected chi connectivity index (χ3v) is 3.84. The summed E-state index contributed by atoms with van der Waals surface area (Å²) in [6.07, 6.45) is 3.29. The first-order chi connectivity index (χ1) is 9.13. The minimum atomic E-state index is -0.406. The molecule has 6 nitrogen and oxygen atoms in total. The second kappa shape index (κ2) is 5.83. The van der Waals surface area contributed by atoms with Gasteiger partial charge in [-0.25, -0.2) is 10.4 Å². The fraction of sp³-hybridized carbons (Fsp3) is 0.615. The molecule has 2 rings (SSSR count). The summed E-state index contributed by atoms with van der Waals surface area (Å²) in [6, 6.07) is 1.80. The standard InChI is InChI=1S/C13H22N4O2/c1-9-7-10(12(14)16-8-9)11(17-15)13(18-2)3-5-19-6-4-13/h7-8,11,17H,3-6,15H2,1-2H3,(H2,14,16). The predicted octanol–water partition coefficient (Wildman–Crippen LogP) is 0.672. The zero-order valence-corrected chi connectivity index (χ0v) is 11.5. The topological polar surface area (TPSA) is 95.4 Å². The number of methoxy groups -OCH3 is 1. The maximum atomic E-state index is 5.99. The molecule has 1 aromatic heterocycles. The molecule has 106 valence electrons. The summed E-state index contributed by atoms with van der Waals surface area (Å²) in [7, 11) is 1.70. The largest absolute Gasteiger partial charge is 0.383 e. The number of hydrogen-bond acceptors (Lipinski definition) is 6. The second-order valence-electron chi connectivity index (χ2n) is 4.97. The predicted molar refractivity (Wildman–Crippen MR) is 73.2 cm³/mol. The van der Waals surface area contributed by atoms with Gasteiger partial charge in [0, 0.05) is 44.9 Å². The highest BCUT2D eigenvalue weighted by Crippen LogP contribution is 2.38. The zero-order chi connectivity index (χ0) is 13.9. The van der Waals surface area contributed by atoms with E-state index in [9.17, 15) is 0 Å². The Labute approximate surface area is 113 Å². The SMILES string of the molecule is COC1(C(NN)c2cc(C)cnc2N)CCOCC1. The van der Waals surface area contributed by atoms with Crippen LogP contribution in [0.2, 0.25) is 0 Å². The summed E-state index contributed by atoms with van der Waals surface area (Å²) in [4.78, 5) is 4.20. The molecule has 0 bridgehead atoms. The highest BCUT2D eigenvalue weighted by atomic mass is 16.5. The molecule has 0 spiro atoms. The number of ether oxygens (including phenoxy) is 2. The number of hydrazine groups is 1. The van der Waals surface area contributed by atoms with Crippen LogP contribution < -0.4 is 17.0 Å². The van der Waals surface area contributed by atoms with Crippen LogP contribution in [0, 0.1) is 6.92 Å². The Hall–Kier alpha value is -1.21. The van der Waals surface area contributed by atoms with Crippen LogP contribution in [0.15, 0.2) is 12.3 Å². The molecule has 2 heterocycles. The fourth-order valence-corrected chi connectivity index (χ4v) is 2.69. The first-order valence-electron chi connectivity index (χ1n) is 6.44. The van der Waals surface area contributed by atoms with E-state index in [0.717, 1.165) is 24.0 Å². The van der Waals surface area contributed by atoms with Crippen LogP contribution in [0.25, 0.3) is 0 Å². The molecular weight excluding hydrogens is 244 g/mol. The van der Waals surface area contributed by atoms with Crippen molar-refractivity contribution < 1.29 is 9.47 Å². The normalized spacial score (nSPS) is 20.2. The third kappa shape index (κ3) is 2.71. The van der Waals surface area contributed by atoms with Gasteiger partial charge in [-0.05, 0) is 18.6 Å². The molecule has 0 amide bonds. The number of hydrogen-bond donors (Lipinski definition) is 3. The number of anilines is 1. The number of nitrogen functional groups attached to an aromatic ring is 1.